The maximum Gasteiger partial charge on any atom is 0.256 e. The van der Waals surface area contributed by atoms with E-state index in [2.05, 4.69) is 31.4 Å². The summed E-state index contributed by atoms with van der Waals surface area (Å²) < 4.78 is 0. The lowest BCUT2D eigenvalue weighted by molar-refractivity contribution is 0.0935. The maximum atomic E-state index is 12.8. The molecule has 2 atom stereocenters. The van der Waals surface area contributed by atoms with Crippen LogP contribution in [0.2, 0.25) is 0 Å². The molecule has 1 aromatic heterocycles. The number of carbonyl (C=O) groups is 1. The van der Waals surface area contributed by atoms with Crippen molar-refractivity contribution in [1.29, 1.82) is 0 Å². The molecule has 2 heterocycles. The SMILES string of the molecule is CC(C)(C)[C@@H]1CCc2c(sc3c2C(=O)N[C@@H](c2ccc(O)cc2)N3)C1. The van der Waals surface area contributed by atoms with Crippen molar-refractivity contribution < 1.29 is 9.90 Å². The average Bonchev–Trinajstić information content (AvgIpc) is 2.92. The van der Waals surface area contributed by atoms with Crippen molar-refractivity contribution in [3.05, 3.63) is 45.8 Å². The number of hydrogen-bond acceptors (Lipinski definition) is 4. The molecule has 0 fully saturated rings. The molecule has 4 rings (SSSR count). The van der Waals surface area contributed by atoms with Gasteiger partial charge in [-0.05, 0) is 53.9 Å². The number of carbonyl (C=O) groups excluding carboxylic acids is 1. The average molecular weight is 356 g/mol. The number of hydrogen-bond donors (Lipinski definition) is 3. The Bertz CT molecular complexity index is 817. The molecule has 1 aliphatic heterocycles. The molecule has 2 aliphatic rings. The third-order valence-corrected chi connectivity index (χ3v) is 6.68. The molecule has 0 radical (unpaired) electrons. The lowest BCUT2D eigenvalue weighted by atomic mass is 9.72. The first-order chi connectivity index (χ1) is 11.8. The highest BCUT2D eigenvalue weighted by molar-refractivity contribution is 7.16. The van der Waals surface area contributed by atoms with E-state index in [1.54, 1.807) is 23.5 Å². The van der Waals surface area contributed by atoms with E-state index in [1.807, 2.05) is 12.1 Å². The van der Waals surface area contributed by atoms with Gasteiger partial charge in [0.15, 0.2) is 0 Å². The summed E-state index contributed by atoms with van der Waals surface area (Å²) in [6, 6.07) is 6.96. The van der Waals surface area contributed by atoms with Crippen molar-refractivity contribution in [3.8, 4) is 5.75 Å². The minimum absolute atomic E-state index is 0.0125. The van der Waals surface area contributed by atoms with Crippen LogP contribution in [-0.2, 0) is 12.8 Å². The predicted molar refractivity (Wildman–Crippen MR) is 101 cm³/mol. The summed E-state index contributed by atoms with van der Waals surface area (Å²) in [5, 5.41) is 17.0. The van der Waals surface area contributed by atoms with Crippen LogP contribution in [0.15, 0.2) is 24.3 Å². The zero-order valence-electron chi connectivity index (χ0n) is 14.8. The highest BCUT2D eigenvalue weighted by atomic mass is 32.1. The molecule has 5 heteroatoms. The lowest BCUT2D eigenvalue weighted by Gasteiger charge is -2.34. The Morgan fingerprint density at radius 3 is 2.56 bits per heavy atom. The van der Waals surface area contributed by atoms with Gasteiger partial charge in [0.25, 0.3) is 5.91 Å². The third kappa shape index (κ3) is 2.91. The topological polar surface area (TPSA) is 61.4 Å². The largest absolute Gasteiger partial charge is 0.508 e. The maximum absolute atomic E-state index is 12.8. The first-order valence-corrected chi connectivity index (χ1v) is 9.65. The van der Waals surface area contributed by atoms with Crippen molar-refractivity contribution in [2.24, 2.45) is 11.3 Å². The molecular formula is C20H24N2O2S. The van der Waals surface area contributed by atoms with Crippen LogP contribution in [0.3, 0.4) is 0 Å². The molecule has 0 spiro atoms. The molecule has 0 unspecified atom stereocenters. The second-order valence-corrected chi connectivity index (χ2v) is 9.26. The lowest BCUT2D eigenvalue weighted by Crippen LogP contribution is -2.38. The van der Waals surface area contributed by atoms with Crippen LogP contribution >= 0.6 is 11.3 Å². The fourth-order valence-corrected chi connectivity index (χ4v) is 5.22. The van der Waals surface area contributed by atoms with E-state index >= 15 is 0 Å². The summed E-state index contributed by atoms with van der Waals surface area (Å²) in [7, 11) is 0. The quantitative estimate of drug-likeness (QED) is 0.707. The first-order valence-electron chi connectivity index (χ1n) is 8.84. The number of amides is 1. The van der Waals surface area contributed by atoms with Gasteiger partial charge in [-0.2, -0.15) is 0 Å². The normalized spacial score (nSPS) is 22.6. The Labute approximate surface area is 152 Å². The molecule has 1 aromatic carbocycles. The third-order valence-electron chi connectivity index (χ3n) is 5.49. The standard InChI is InChI=1S/C20H24N2O2S/c1-20(2,3)12-6-9-14-15(10-12)25-19-16(14)18(24)21-17(22-19)11-4-7-13(23)8-5-11/h4-5,7-8,12,17,22-23H,6,9-10H2,1-3H3,(H,21,24)/t12-,17-/m1/s1. The van der Waals surface area contributed by atoms with Crippen LogP contribution in [0.4, 0.5) is 5.00 Å². The minimum atomic E-state index is -0.251. The molecule has 0 saturated heterocycles. The molecule has 4 nitrogen and oxygen atoms in total. The van der Waals surface area contributed by atoms with E-state index in [0.717, 1.165) is 35.4 Å². The van der Waals surface area contributed by atoms with E-state index in [1.165, 1.54) is 10.4 Å². The van der Waals surface area contributed by atoms with Gasteiger partial charge in [0.2, 0.25) is 0 Å². The summed E-state index contributed by atoms with van der Waals surface area (Å²) in [4.78, 5) is 14.1. The predicted octanol–water partition coefficient (Wildman–Crippen LogP) is 4.46. The highest BCUT2D eigenvalue weighted by Crippen LogP contribution is 2.46. The fraction of sp³-hybridized carbons (Fsp3) is 0.450. The summed E-state index contributed by atoms with van der Waals surface area (Å²) in [5.41, 5.74) is 3.33. The number of phenolic OH excluding ortho intramolecular Hbond substituents is 1. The summed E-state index contributed by atoms with van der Waals surface area (Å²) in [6.07, 6.45) is 2.95. The molecule has 0 bridgehead atoms. The fourth-order valence-electron chi connectivity index (χ4n) is 3.87. The number of aromatic hydroxyl groups is 1. The molecule has 25 heavy (non-hydrogen) atoms. The van der Waals surface area contributed by atoms with Crippen molar-refractivity contribution >= 4 is 22.2 Å². The van der Waals surface area contributed by atoms with Crippen molar-refractivity contribution in [1.82, 2.24) is 5.32 Å². The van der Waals surface area contributed by atoms with Crippen LogP contribution in [0.25, 0.3) is 0 Å². The van der Waals surface area contributed by atoms with Gasteiger partial charge in [-0.25, -0.2) is 0 Å². The minimum Gasteiger partial charge on any atom is -0.508 e. The number of fused-ring (bicyclic) bond motifs is 3. The molecule has 3 N–H and O–H groups in total. The number of benzene rings is 1. The molecule has 0 saturated carbocycles. The van der Waals surface area contributed by atoms with E-state index in [4.69, 9.17) is 0 Å². The van der Waals surface area contributed by atoms with E-state index in [-0.39, 0.29) is 17.8 Å². The van der Waals surface area contributed by atoms with Crippen molar-refractivity contribution in [2.75, 3.05) is 5.32 Å². The van der Waals surface area contributed by atoms with E-state index in [0.29, 0.717) is 11.3 Å². The Morgan fingerprint density at radius 2 is 1.88 bits per heavy atom. The first kappa shape index (κ1) is 16.5. The van der Waals surface area contributed by atoms with E-state index < -0.39 is 0 Å². The van der Waals surface area contributed by atoms with Gasteiger partial charge in [-0.3, -0.25) is 4.79 Å². The zero-order chi connectivity index (χ0) is 17.8. The van der Waals surface area contributed by atoms with Gasteiger partial charge in [0.1, 0.15) is 16.9 Å². The van der Waals surface area contributed by atoms with Gasteiger partial charge in [0, 0.05) is 4.88 Å². The Balaban J connectivity index is 1.64. The number of rotatable bonds is 1. The van der Waals surface area contributed by atoms with Crippen molar-refractivity contribution in [2.45, 2.75) is 46.2 Å². The van der Waals surface area contributed by atoms with Crippen LogP contribution < -0.4 is 10.6 Å². The monoisotopic (exact) mass is 356 g/mol. The van der Waals surface area contributed by atoms with Gasteiger partial charge >= 0.3 is 0 Å². The second kappa shape index (κ2) is 5.77. The van der Waals surface area contributed by atoms with Gasteiger partial charge in [-0.15, -0.1) is 11.3 Å². The van der Waals surface area contributed by atoms with Crippen molar-refractivity contribution in [3.63, 3.8) is 0 Å². The molecule has 1 amide bonds. The Kier molecular flexibility index (Phi) is 3.80. The number of anilines is 1. The number of phenols is 1. The zero-order valence-corrected chi connectivity index (χ0v) is 15.7. The van der Waals surface area contributed by atoms with Crippen LogP contribution in [0.1, 0.15) is 59.7 Å². The second-order valence-electron chi connectivity index (χ2n) is 8.16. The Morgan fingerprint density at radius 1 is 1.16 bits per heavy atom. The van der Waals surface area contributed by atoms with Crippen LogP contribution in [0.5, 0.6) is 5.75 Å². The van der Waals surface area contributed by atoms with Gasteiger partial charge < -0.3 is 15.7 Å². The summed E-state index contributed by atoms with van der Waals surface area (Å²) in [5.74, 6) is 0.904. The smallest absolute Gasteiger partial charge is 0.256 e. The number of nitrogens with one attached hydrogen (secondary N) is 2. The Hall–Kier alpha value is -2.01. The van der Waals surface area contributed by atoms with E-state index in [9.17, 15) is 9.90 Å². The molecule has 132 valence electrons. The molecule has 2 aromatic rings. The van der Waals surface area contributed by atoms with Gasteiger partial charge in [0.05, 0.1) is 5.56 Å². The summed E-state index contributed by atoms with van der Waals surface area (Å²) in [6.45, 7) is 6.92. The summed E-state index contributed by atoms with van der Waals surface area (Å²) >= 11 is 1.74. The molecule has 1 aliphatic carbocycles. The highest BCUT2D eigenvalue weighted by Gasteiger charge is 2.36. The number of thiophene rings is 1. The van der Waals surface area contributed by atoms with Gasteiger partial charge in [-0.1, -0.05) is 32.9 Å². The van der Waals surface area contributed by atoms with Crippen LogP contribution in [0, 0.1) is 11.3 Å². The van der Waals surface area contributed by atoms with Crippen LogP contribution in [-0.4, -0.2) is 11.0 Å². The molecular weight excluding hydrogens is 332 g/mol.